The molecular formula is C11H12BrFO2. The first-order valence-corrected chi connectivity index (χ1v) is 5.41. The monoisotopic (exact) mass is 274 g/mol. The van der Waals surface area contributed by atoms with Gasteiger partial charge in [-0.1, -0.05) is 13.8 Å². The van der Waals surface area contributed by atoms with Crippen molar-refractivity contribution in [3.63, 3.8) is 0 Å². The highest BCUT2D eigenvalue weighted by atomic mass is 79.9. The lowest BCUT2D eigenvalue weighted by atomic mass is 10.2. The van der Waals surface area contributed by atoms with Crippen LogP contribution in [0.5, 0.6) is 5.75 Å². The molecule has 1 rings (SSSR count). The number of carbonyl (C=O) groups is 1. The molecular weight excluding hydrogens is 263 g/mol. The van der Waals surface area contributed by atoms with E-state index in [1.807, 2.05) is 13.8 Å². The Morgan fingerprint density at radius 3 is 2.73 bits per heavy atom. The summed E-state index contributed by atoms with van der Waals surface area (Å²) < 4.78 is 18.9. The average Bonchev–Trinajstić information content (AvgIpc) is 2.19. The maximum absolute atomic E-state index is 13.2. The van der Waals surface area contributed by atoms with Crippen LogP contribution in [0.1, 0.15) is 24.2 Å². The Kier molecular flexibility index (Phi) is 4.27. The van der Waals surface area contributed by atoms with Gasteiger partial charge in [-0.25, -0.2) is 4.39 Å². The van der Waals surface area contributed by atoms with Gasteiger partial charge >= 0.3 is 0 Å². The first-order chi connectivity index (χ1) is 7.04. The fourth-order valence-corrected chi connectivity index (χ4v) is 1.47. The molecule has 0 radical (unpaired) electrons. The van der Waals surface area contributed by atoms with Crippen LogP contribution in [-0.2, 0) is 0 Å². The summed E-state index contributed by atoms with van der Waals surface area (Å²) >= 11 is 3.03. The molecule has 0 heterocycles. The summed E-state index contributed by atoms with van der Waals surface area (Å²) in [7, 11) is 0. The number of halogens is 2. The van der Waals surface area contributed by atoms with Crippen molar-refractivity contribution in [3.8, 4) is 5.75 Å². The highest BCUT2D eigenvalue weighted by molar-refractivity contribution is 9.10. The molecule has 0 spiro atoms. The zero-order valence-corrected chi connectivity index (χ0v) is 10.2. The molecule has 0 aliphatic rings. The van der Waals surface area contributed by atoms with Crippen LogP contribution in [0.15, 0.2) is 16.6 Å². The summed E-state index contributed by atoms with van der Waals surface area (Å²) in [5, 5.41) is 0. The number of hydrogen-bond acceptors (Lipinski definition) is 2. The molecule has 0 saturated carbocycles. The van der Waals surface area contributed by atoms with E-state index in [4.69, 9.17) is 4.74 Å². The minimum absolute atomic E-state index is 0.00290. The Morgan fingerprint density at radius 1 is 1.53 bits per heavy atom. The van der Waals surface area contributed by atoms with Gasteiger partial charge in [-0.3, -0.25) is 4.79 Å². The van der Waals surface area contributed by atoms with Crippen LogP contribution in [-0.4, -0.2) is 12.9 Å². The number of hydrogen-bond donors (Lipinski definition) is 0. The normalized spacial score (nSPS) is 10.5. The lowest BCUT2D eigenvalue weighted by Gasteiger charge is -2.10. The zero-order chi connectivity index (χ0) is 11.4. The summed E-state index contributed by atoms with van der Waals surface area (Å²) in [4.78, 5) is 10.6. The Bertz CT molecular complexity index is 364. The molecule has 0 amide bonds. The Balaban J connectivity index is 2.90. The Morgan fingerprint density at radius 2 is 2.20 bits per heavy atom. The van der Waals surface area contributed by atoms with E-state index in [0.717, 1.165) is 0 Å². The van der Waals surface area contributed by atoms with Gasteiger partial charge in [-0.2, -0.15) is 0 Å². The standard InChI is InChI=1S/C11H12BrFO2/c1-7(2)6-15-9-3-8(5-14)11(13)10(12)4-9/h3-5,7H,6H2,1-2H3. The molecule has 2 nitrogen and oxygen atoms in total. The van der Waals surface area contributed by atoms with Crippen molar-refractivity contribution in [2.24, 2.45) is 5.92 Å². The second-order valence-corrected chi connectivity index (χ2v) is 4.49. The minimum Gasteiger partial charge on any atom is -0.493 e. The maximum atomic E-state index is 13.2. The van der Waals surface area contributed by atoms with Gasteiger partial charge in [-0.15, -0.1) is 0 Å². The quantitative estimate of drug-likeness (QED) is 0.787. The fourth-order valence-electron chi connectivity index (χ4n) is 1.02. The Hall–Kier alpha value is -0.900. The predicted octanol–water partition coefficient (Wildman–Crippen LogP) is 3.44. The van der Waals surface area contributed by atoms with Gasteiger partial charge < -0.3 is 4.74 Å². The Labute approximate surface area is 96.6 Å². The number of benzene rings is 1. The third-order valence-corrected chi connectivity index (χ3v) is 2.32. The van der Waals surface area contributed by atoms with Gasteiger partial charge in [0.15, 0.2) is 6.29 Å². The second kappa shape index (κ2) is 5.26. The molecule has 0 unspecified atom stereocenters. The summed E-state index contributed by atoms with van der Waals surface area (Å²) in [6.07, 6.45) is 0.475. The summed E-state index contributed by atoms with van der Waals surface area (Å²) in [5.41, 5.74) is 0.00290. The molecule has 0 aliphatic carbocycles. The van der Waals surface area contributed by atoms with E-state index in [1.165, 1.54) is 12.1 Å². The number of carbonyl (C=O) groups excluding carboxylic acids is 1. The van der Waals surface area contributed by atoms with Crippen molar-refractivity contribution >= 4 is 22.2 Å². The molecule has 0 aliphatic heterocycles. The largest absolute Gasteiger partial charge is 0.493 e. The first-order valence-electron chi connectivity index (χ1n) is 4.61. The number of rotatable bonds is 4. The van der Waals surface area contributed by atoms with Crippen LogP contribution in [0.3, 0.4) is 0 Å². The van der Waals surface area contributed by atoms with Crippen LogP contribution < -0.4 is 4.74 Å². The highest BCUT2D eigenvalue weighted by Crippen LogP contribution is 2.25. The molecule has 0 bridgehead atoms. The van der Waals surface area contributed by atoms with Crippen molar-refractivity contribution in [1.29, 1.82) is 0 Å². The van der Waals surface area contributed by atoms with E-state index in [2.05, 4.69) is 15.9 Å². The highest BCUT2D eigenvalue weighted by Gasteiger charge is 2.09. The number of aldehydes is 1. The second-order valence-electron chi connectivity index (χ2n) is 3.63. The van der Waals surface area contributed by atoms with E-state index in [0.29, 0.717) is 24.6 Å². The lowest BCUT2D eigenvalue weighted by molar-refractivity contribution is 0.111. The van der Waals surface area contributed by atoms with E-state index >= 15 is 0 Å². The van der Waals surface area contributed by atoms with E-state index in [9.17, 15) is 9.18 Å². The van der Waals surface area contributed by atoms with Crippen LogP contribution in [0.25, 0.3) is 0 Å². The van der Waals surface area contributed by atoms with Gasteiger partial charge in [0.2, 0.25) is 0 Å². The topological polar surface area (TPSA) is 26.3 Å². The third-order valence-electron chi connectivity index (χ3n) is 1.74. The van der Waals surface area contributed by atoms with Gasteiger partial charge in [0.1, 0.15) is 11.6 Å². The molecule has 0 fully saturated rings. The third kappa shape index (κ3) is 3.30. The summed E-state index contributed by atoms with van der Waals surface area (Å²) in [5.74, 6) is 0.328. The number of ether oxygens (including phenoxy) is 1. The van der Waals surface area contributed by atoms with Crippen molar-refractivity contribution < 1.29 is 13.9 Å². The van der Waals surface area contributed by atoms with Crippen LogP contribution in [0.4, 0.5) is 4.39 Å². The average molecular weight is 275 g/mol. The fraction of sp³-hybridized carbons (Fsp3) is 0.364. The molecule has 0 atom stereocenters. The van der Waals surface area contributed by atoms with Crippen LogP contribution in [0.2, 0.25) is 0 Å². The van der Waals surface area contributed by atoms with Crippen LogP contribution >= 0.6 is 15.9 Å². The first kappa shape index (κ1) is 12.2. The molecule has 0 aromatic heterocycles. The van der Waals surface area contributed by atoms with E-state index in [-0.39, 0.29) is 10.0 Å². The van der Waals surface area contributed by atoms with E-state index < -0.39 is 5.82 Å². The predicted molar refractivity (Wildman–Crippen MR) is 59.8 cm³/mol. The van der Waals surface area contributed by atoms with Gasteiger partial charge in [0, 0.05) is 0 Å². The van der Waals surface area contributed by atoms with Crippen molar-refractivity contribution in [1.82, 2.24) is 0 Å². The SMILES string of the molecule is CC(C)COc1cc(Br)c(F)c(C=O)c1. The summed E-state index contributed by atoms with van der Waals surface area (Å²) in [6.45, 7) is 4.56. The molecule has 0 saturated heterocycles. The zero-order valence-electron chi connectivity index (χ0n) is 8.59. The van der Waals surface area contributed by atoms with Crippen molar-refractivity contribution in [3.05, 3.63) is 28.0 Å². The summed E-state index contributed by atoms with van der Waals surface area (Å²) in [6, 6.07) is 2.92. The van der Waals surface area contributed by atoms with E-state index in [1.54, 1.807) is 0 Å². The smallest absolute Gasteiger partial charge is 0.153 e. The van der Waals surface area contributed by atoms with Crippen molar-refractivity contribution in [2.45, 2.75) is 13.8 Å². The van der Waals surface area contributed by atoms with Gasteiger partial charge in [-0.05, 0) is 34.0 Å². The van der Waals surface area contributed by atoms with Gasteiger partial charge in [0.05, 0.1) is 16.6 Å². The van der Waals surface area contributed by atoms with Crippen molar-refractivity contribution in [2.75, 3.05) is 6.61 Å². The maximum Gasteiger partial charge on any atom is 0.153 e. The van der Waals surface area contributed by atoms with Crippen LogP contribution in [0, 0.1) is 11.7 Å². The molecule has 82 valence electrons. The lowest BCUT2D eigenvalue weighted by Crippen LogP contribution is -2.05. The molecule has 1 aromatic rings. The molecule has 15 heavy (non-hydrogen) atoms. The molecule has 1 aromatic carbocycles. The minimum atomic E-state index is -0.554. The molecule has 4 heteroatoms. The molecule has 0 N–H and O–H groups in total. The van der Waals surface area contributed by atoms with Gasteiger partial charge in [0.25, 0.3) is 0 Å².